The number of rotatable bonds is 9. The Labute approximate surface area is 196 Å². The summed E-state index contributed by atoms with van der Waals surface area (Å²) >= 11 is 9.25. The Kier molecular flexibility index (Phi) is 8.26. The van der Waals surface area contributed by atoms with E-state index >= 15 is 0 Å². The third-order valence-corrected chi connectivity index (χ3v) is 7.21. The molecule has 3 rings (SSSR count). The summed E-state index contributed by atoms with van der Waals surface area (Å²) < 4.78 is 28.5. The monoisotopic (exact) mass is 520 g/mol. The smallest absolute Gasteiger partial charge is 0.243 e. The van der Waals surface area contributed by atoms with Crippen LogP contribution >= 0.6 is 27.5 Å². The molecule has 0 aromatic heterocycles. The molecule has 0 aliphatic heterocycles. The second kappa shape index (κ2) is 10.9. The molecule has 1 amide bonds. The lowest BCUT2D eigenvalue weighted by Gasteiger charge is -2.22. The fraction of sp³-hybridized carbons (Fsp3) is 0.174. The minimum atomic E-state index is -3.88. The van der Waals surface area contributed by atoms with E-state index in [4.69, 9.17) is 11.6 Å². The van der Waals surface area contributed by atoms with E-state index in [9.17, 15) is 13.2 Å². The Balaban J connectivity index is 1.73. The van der Waals surface area contributed by atoms with Crippen LogP contribution in [0, 0.1) is 0 Å². The highest BCUT2D eigenvalue weighted by Gasteiger charge is 2.27. The predicted molar refractivity (Wildman–Crippen MR) is 126 cm³/mol. The van der Waals surface area contributed by atoms with Gasteiger partial charge in [0.25, 0.3) is 0 Å². The lowest BCUT2D eigenvalue weighted by atomic mass is 10.1. The molecule has 31 heavy (non-hydrogen) atoms. The minimum absolute atomic E-state index is 0.0572. The van der Waals surface area contributed by atoms with Gasteiger partial charge in [-0.2, -0.15) is 4.31 Å². The Morgan fingerprint density at radius 1 is 0.903 bits per heavy atom. The van der Waals surface area contributed by atoms with Crippen LogP contribution < -0.4 is 5.32 Å². The zero-order chi connectivity index (χ0) is 22.3. The first-order valence-corrected chi connectivity index (χ1v) is 12.3. The van der Waals surface area contributed by atoms with E-state index < -0.39 is 10.0 Å². The largest absolute Gasteiger partial charge is 0.355 e. The summed E-state index contributed by atoms with van der Waals surface area (Å²) in [7, 11) is -3.88. The molecule has 8 heteroatoms. The number of nitrogens with zero attached hydrogens (tertiary/aromatic N) is 1. The van der Waals surface area contributed by atoms with E-state index in [1.165, 1.54) is 16.4 Å². The average Bonchev–Trinajstić information content (AvgIpc) is 2.76. The molecule has 5 nitrogen and oxygen atoms in total. The number of halogens is 2. The Hall–Kier alpha value is -2.19. The number of sulfonamides is 1. The third kappa shape index (κ3) is 6.90. The molecule has 0 saturated heterocycles. The van der Waals surface area contributed by atoms with Crippen molar-refractivity contribution in [3.8, 4) is 0 Å². The van der Waals surface area contributed by atoms with E-state index in [0.29, 0.717) is 18.0 Å². The SMILES string of the molecule is O=C(CN(Cc1ccc(Cl)cc1)S(=O)(=O)c1ccc(Br)cc1)NCCc1ccccc1. The van der Waals surface area contributed by atoms with Crippen molar-refractivity contribution in [2.45, 2.75) is 17.9 Å². The lowest BCUT2D eigenvalue weighted by Crippen LogP contribution is -2.40. The van der Waals surface area contributed by atoms with Crippen molar-refractivity contribution in [2.75, 3.05) is 13.1 Å². The molecule has 0 radical (unpaired) electrons. The first kappa shape index (κ1) is 23.5. The van der Waals surface area contributed by atoms with Gasteiger partial charge >= 0.3 is 0 Å². The van der Waals surface area contributed by atoms with Crippen LogP contribution in [-0.2, 0) is 27.8 Å². The second-order valence-corrected chi connectivity index (χ2v) is 10.2. The molecule has 1 N–H and O–H groups in total. The van der Waals surface area contributed by atoms with Gasteiger partial charge in [-0.3, -0.25) is 4.79 Å². The van der Waals surface area contributed by atoms with Gasteiger partial charge < -0.3 is 5.32 Å². The van der Waals surface area contributed by atoms with Gasteiger partial charge in [0.15, 0.2) is 0 Å². The topological polar surface area (TPSA) is 66.5 Å². The zero-order valence-corrected chi connectivity index (χ0v) is 19.8. The van der Waals surface area contributed by atoms with Crippen molar-refractivity contribution in [2.24, 2.45) is 0 Å². The van der Waals surface area contributed by atoms with Gasteiger partial charge in [0.05, 0.1) is 11.4 Å². The molecule has 0 saturated carbocycles. The van der Waals surface area contributed by atoms with Crippen LogP contribution in [0.3, 0.4) is 0 Å². The van der Waals surface area contributed by atoms with Crippen LogP contribution in [-0.4, -0.2) is 31.7 Å². The van der Waals surface area contributed by atoms with Gasteiger partial charge in [0, 0.05) is 22.6 Å². The number of amides is 1. The molecule has 0 spiro atoms. The summed E-state index contributed by atoms with van der Waals surface area (Å²) in [6.45, 7) is 0.202. The summed E-state index contributed by atoms with van der Waals surface area (Å²) in [5, 5.41) is 3.38. The minimum Gasteiger partial charge on any atom is -0.355 e. The molecular formula is C23H22BrClN2O3S. The highest BCUT2D eigenvalue weighted by molar-refractivity contribution is 9.10. The van der Waals surface area contributed by atoms with E-state index in [1.54, 1.807) is 36.4 Å². The molecule has 3 aromatic carbocycles. The van der Waals surface area contributed by atoms with Crippen molar-refractivity contribution in [1.29, 1.82) is 0 Å². The van der Waals surface area contributed by atoms with Crippen LogP contribution in [0.25, 0.3) is 0 Å². The summed E-state index contributed by atoms with van der Waals surface area (Å²) in [6, 6.07) is 23.0. The van der Waals surface area contributed by atoms with Gasteiger partial charge in [-0.1, -0.05) is 70.0 Å². The number of hydrogen-bond acceptors (Lipinski definition) is 3. The van der Waals surface area contributed by atoms with Crippen LogP contribution in [0.1, 0.15) is 11.1 Å². The maximum Gasteiger partial charge on any atom is 0.243 e. The molecule has 0 aliphatic rings. The Morgan fingerprint density at radius 3 is 2.19 bits per heavy atom. The van der Waals surface area contributed by atoms with Crippen molar-refractivity contribution < 1.29 is 13.2 Å². The van der Waals surface area contributed by atoms with E-state index in [1.807, 2.05) is 30.3 Å². The second-order valence-electron chi connectivity index (χ2n) is 6.94. The molecule has 0 unspecified atom stereocenters. The lowest BCUT2D eigenvalue weighted by molar-refractivity contribution is -0.121. The number of nitrogens with one attached hydrogen (secondary N) is 1. The van der Waals surface area contributed by atoms with Gasteiger partial charge in [0.1, 0.15) is 0 Å². The maximum atomic E-state index is 13.3. The highest BCUT2D eigenvalue weighted by Crippen LogP contribution is 2.21. The normalized spacial score (nSPS) is 11.5. The van der Waals surface area contributed by atoms with Crippen LogP contribution in [0.15, 0.2) is 88.2 Å². The highest BCUT2D eigenvalue weighted by atomic mass is 79.9. The molecule has 0 atom stereocenters. The van der Waals surface area contributed by atoms with Gasteiger partial charge in [-0.15, -0.1) is 0 Å². The fourth-order valence-electron chi connectivity index (χ4n) is 2.98. The number of carbonyl (C=O) groups is 1. The molecule has 0 fully saturated rings. The number of hydrogen-bond donors (Lipinski definition) is 1. The predicted octanol–water partition coefficient (Wildman–Crippen LogP) is 4.65. The van der Waals surface area contributed by atoms with Crippen molar-refractivity contribution >= 4 is 43.5 Å². The molecule has 0 bridgehead atoms. The summed E-state index contributed by atoms with van der Waals surface area (Å²) in [4.78, 5) is 12.7. The standard InChI is InChI=1S/C23H22BrClN2O3S/c24-20-8-12-22(13-9-20)31(29,30)27(16-19-6-10-21(25)11-7-19)17-23(28)26-15-14-18-4-2-1-3-5-18/h1-13H,14-17H2,(H,26,28). The van der Waals surface area contributed by atoms with E-state index in [-0.39, 0.29) is 23.9 Å². The molecule has 0 aliphatic carbocycles. The zero-order valence-electron chi connectivity index (χ0n) is 16.7. The molecule has 162 valence electrons. The summed E-state index contributed by atoms with van der Waals surface area (Å²) in [5.41, 5.74) is 1.84. The Bertz CT molecular complexity index is 1110. The van der Waals surface area contributed by atoms with Gasteiger partial charge in [-0.05, 0) is 53.9 Å². The summed E-state index contributed by atoms with van der Waals surface area (Å²) in [6.07, 6.45) is 0.670. The van der Waals surface area contributed by atoms with Crippen molar-refractivity contribution in [1.82, 2.24) is 9.62 Å². The van der Waals surface area contributed by atoms with Crippen LogP contribution in [0.2, 0.25) is 5.02 Å². The molecule has 3 aromatic rings. The maximum absolute atomic E-state index is 13.3. The Morgan fingerprint density at radius 2 is 1.55 bits per heavy atom. The number of carbonyl (C=O) groups excluding carboxylic acids is 1. The quantitative estimate of drug-likeness (QED) is 0.446. The average molecular weight is 522 g/mol. The fourth-order valence-corrected chi connectivity index (χ4v) is 4.76. The van der Waals surface area contributed by atoms with Gasteiger partial charge in [-0.25, -0.2) is 8.42 Å². The number of benzene rings is 3. The first-order valence-electron chi connectivity index (χ1n) is 9.65. The van der Waals surface area contributed by atoms with Crippen LogP contribution in [0.5, 0.6) is 0 Å². The summed E-state index contributed by atoms with van der Waals surface area (Å²) in [5.74, 6) is -0.356. The molecular weight excluding hydrogens is 500 g/mol. The van der Waals surface area contributed by atoms with Crippen molar-refractivity contribution in [3.63, 3.8) is 0 Å². The van der Waals surface area contributed by atoms with Crippen LogP contribution in [0.4, 0.5) is 0 Å². The molecule has 0 heterocycles. The third-order valence-electron chi connectivity index (χ3n) is 4.62. The first-order chi connectivity index (χ1) is 14.8. The van der Waals surface area contributed by atoms with Gasteiger partial charge in [0.2, 0.25) is 15.9 Å². The van der Waals surface area contributed by atoms with E-state index in [0.717, 1.165) is 15.6 Å². The van der Waals surface area contributed by atoms with E-state index in [2.05, 4.69) is 21.2 Å². The van der Waals surface area contributed by atoms with Crippen molar-refractivity contribution in [3.05, 3.63) is 99.5 Å².